The summed E-state index contributed by atoms with van der Waals surface area (Å²) in [6.07, 6.45) is 1.54. The quantitative estimate of drug-likeness (QED) is 0.812. The van der Waals surface area contributed by atoms with Crippen molar-refractivity contribution in [2.45, 2.75) is 24.9 Å². The Labute approximate surface area is 168 Å². The standard InChI is InChI=1S/C21H21ClN2O4/c1-27-16-6-7-19-17(12-16)18(25)13-21(28-19)8-10-24(11-9-21)20(26)23-15-4-2-14(22)3-5-15/h2-7,12H,8-11,13H2,1H3,(H,23,26). The van der Waals surface area contributed by atoms with Gasteiger partial charge in [0, 0.05) is 36.6 Å². The highest BCUT2D eigenvalue weighted by Crippen LogP contribution is 2.40. The third-order valence-corrected chi connectivity index (χ3v) is 5.61. The number of amides is 2. The van der Waals surface area contributed by atoms with Crippen LogP contribution in [0.5, 0.6) is 11.5 Å². The fourth-order valence-corrected chi connectivity index (χ4v) is 3.86. The van der Waals surface area contributed by atoms with Gasteiger partial charge in [-0.1, -0.05) is 11.6 Å². The topological polar surface area (TPSA) is 67.9 Å². The molecular formula is C21H21ClN2O4. The number of fused-ring (bicyclic) bond motifs is 1. The summed E-state index contributed by atoms with van der Waals surface area (Å²) in [7, 11) is 1.57. The molecule has 0 aromatic heterocycles. The van der Waals surface area contributed by atoms with Gasteiger partial charge < -0.3 is 19.7 Å². The van der Waals surface area contributed by atoms with E-state index in [-0.39, 0.29) is 11.8 Å². The largest absolute Gasteiger partial charge is 0.497 e. The molecule has 0 unspecified atom stereocenters. The van der Waals surface area contributed by atoms with Gasteiger partial charge in [-0.2, -0.15) is 0 Å². The Hall–Kier alpha value is -2.73. The molecular weight excluding hydrogens is 380 g/mol. The zero-order chi connectivity index (χ0) is 19.7. The number of hydrogen-bond acceptors (Lipinski definition) is 4. The first kappa shape index (κ1) is 18.6. The number of ketones is 1. The Morgan fingerprint density at radius 1 is 1.18 bits per heavy atom. The van der Waals surface area contributed by atoms with Crippen molar-refractivity contribution in [3.8, 4) is 11.5 Å². The highest BCUT2D eigenvalue weighted by molar-refractivity contribution is 6.30. The Balaban J connectivity index is 1.41. The second-order valence-corrected chi connectivity index (χ2v) is 7.61. The second kappa shape index (κ2) is 7.36. The van der Waals surface area contributed by atoms with E-state index in [1.54, 1.807) is 54.5 Å². The minimum atomic E-state index is -0.546. The van der Waals surface area contributed by atoms with Crippen molar-refractivity contribution in [2.75, 3.05) is 25.5 Å². The number of hydrogen-bond donors (Lipinski definition) is 1. The average molecular weight is 401 g/mol. The molecule has 0 saturated carbocycles. The van der Waals surface area contributed by atoms with Crippen LogP contribution >= 0.6 is 11.6 Å². The van der Waals surface area contributed by atoms with Crippen molar-refractivity contribution in [3.05, 3.63) is 53.1 Å². The number of halogens is 1. The van der Waals surface area contributed by atoms with Gasteiger partial charge in [0.25, 0.3) is 0 Å². The Bertz CT molecular complexity index is 905. The van der Waals surface area contributed by atoms with Crippen LogP contribution in [-0.2, 0) is 0 Å². The SMILES string of the molecule is COc1ccc2c(c1)C(=O)CC1(CCN(C(=O)Nc3ccc(Cl)cc3)CC1)O2. The zero-order valence-corrected chi connectivity index (χ0v) is 16.3. The summed E-state index contributed by atoms with van der Waals surface area (Å²) in [6.45, 7) is 1.05. The molecule has 2 aliphatic rings. The van der Waals surface area contributed by atoms with Crippen LogP contribution in [0.3, 0.4) is 0 Å². The minimum absolute atomic E-state index is 0.0548. The summed E-state index contributed by atoms with van der Waals surface area (Å²) >= 11 is 5.87. The monoisotopic (exact) mass is 400 g/mol. The third-order valence-electron chi connectivity index (χ3n) is 5.35. The molecule has 2 heterocycles. The van der Waals surface area contributed by atoms with Gasteiger partial charge in [-0.3, -0.25) is 4.79 Å². The van der Waals surface area contributed by atoms with Gasteiger partial charge in [0.15, 0.2) is 5.78 Å². The molecule has 28 heavy (non-hydrogen) atoms. The van der Waals surface area contributed by atoms with Gasteiger partial charge in [0.2, 0.25) is 0 Å². The van der Waals surface area contributed by atoms with Crippen LogP contribution in [0.2, 0.25) is 5.02 Å². The number of nitrogens with one attached hydrogen (secondary N) is 1. The van der Waals surface area contributed by atoms with Gasteiger partial charge in [-0.15, -0.1) is 0 Å². The van der Waals surface area contributed by atoms with Crippen LogP contribution in [0.15, 0.2) is 42.5 Å². The molecule has 7 heteroatoms. The number of anilines is 1. The van der Waals surface area contributed by atoms with E-state index in [0.29, 0.717) is 60.1 Å². The fraction of sp³-hybridized carbons (Fsp3) is 0.333. The maximum absolute atomic E-state index is 12.7. The molecule has 146 valence electrons. The molecule has 2 aromatic rings. The third kappa shape index (κ3) is 3.64. The van der Waals surface area contributed by atoms with Crippen molar-refractivity contribution in [1.29, 1.82) is 0 Å². The number of likely N-dealkylation sites (tertiary alicyclic amines) is 1. The van der Waals surface area contributed by atoms with Crippen molar-refractivity contribution >= 4 is 29.1 Å². The van der Waals surface area contributed by atoms with Crippen molar-refractivity contribution < 1.29 is 19.1 Å². The first-order valence-electron chi connectivity index (χ1n) is 9.20. The Morgan fingerprint density at radius 2 is 1.89 bits per heavy atom. The van der Waals surface area contributed by atoms with Crippen molar-refractivity contribution in [2.24, 2.45) is 0 Å². The number of carbonyl (C=O) groups excluding carboxylic acids is 2. The summed E-state index contributed by atoms with van der Waals surface area (Å²) in [4.78, 5) is 26.9. The number of benzene rings is 2. The highest BCUT2D eigenvalue weighted by atomic mass is 35.5. The number of nitrogens with zero attached hydrogens (tertiary/aromatic N) is 1. The Kier molecular flexibility index (Phi) is 4.89. The summed E-state index contributed by atoms with van der Waals surface area (Å²) in [5.41, 5.74) is 0.713. The number of urea groups is 1. The van der Waals surface area contributed by atoms with Crippen LogP contribution in [0, 0.1) is 0 Å². The van der Waals surface area contributed by atoms with E-state index in [9.17, 15) is 9.59 Å². The fourth-order valence-electron chi connectivity index (χ4n) is 3.73. The summed E-state index contributed by atoms with van der Waals surface area (Å²) in [6, 6.07) is 12.1. The van der Waals surface area contributed by atoms with E-state index in [0.717, 1.165) is 0 Å². The lowest BCUT2D eigenvalue weighted by Gasteiger charge is -2.43. The molecule has 0 bridgehead atoms. The lowest BCUT2D eigenvalue weighted by molar-refractivity contribution is 0.000319. The normalized spacial score (nSPS) is 17.6. The van der Waals surface area contributed by atoms with Gasteiger partial charge in [0.05, 0.1) is 19.1 Å². The van der Waals surface area contributed by atoms with Crippen LogP contribution < -0.4 is 14.8 Å². The van der Waals surface area contributed by atoms with E-state index >= 15 is 0 Å². The lowest BCUT2D eigenvalue weighted by atomic mass is 9.82. The van der Waals surface area contributed by atoms with Gasteiger partial charge in [0.1, 0.15) is 17.1 Å². The lowest BCUT2D eigenvalue weighted by Crippen LogP contribution is -2.53. The number of methoxy groups -OCH3 is 1. The molecule has 1 saturated heterocycles. The highest BCUT2D eigenvalue weighted by Gasteiger charge is 2.43. The van der Waals surface area contributed by atoms with Crippen LogP contribution in [0.4, 0.5) is 10.5 Å². The zero-order valence-electron chi connectivity index (χ0n) is 15.5. The maximum Gasteiger partial charge on any atom is 0.321 e. The van der Waals surface area contributed by atoms with Crippen LogP contribution in [-0.4, -0.2) is 42.5 Å². The first-order chi connectivity index (χ1) is 13.5. The van der Waals surface area contributed by atoms with Crippen LogP contribution in [0.1, 0.15) is 29.6 Å². The number of carbonyl (C=O) groups is 2. The van der Waals surface area contributed by atoms with Crippen molar-refractivity contribution in [1.82, 2.24) is 4.90 Å². The Morgan fingerprint density at radius 3 is 2.57 bits per heavy atom. The second-order valence-electron chi connectivity index (χ2n) is 7.17. The van der Waals surface area contributed by atoms with Gasteiger partial charge >= 0.3 is 6.03 Å². The van der Waals surface area contributed by atoms with Gasteiger partial charge in [-0.05, 0) is 42.5 Å². The predicted molar refractivity (Wildman–Crippen MR) is 107 cm³/mol. The summed E-state index contributed by atoms with van der Waals surface area (Å²) in [5.74, 6) is 1.29. The number of ether oxygens (including phenoxy) is 2. The molecule has 0 aliphatic carbocycles. The molecule has 0 radical (unpaired) electrons. The number of rotatable bonds is 2. The molecule has 2 aliphatic heterocycles. The van der Waals surface area contributed by atoms with E-state index < -0.39 is 5.60 Å². The number of piperidine rings is 1. The molecule has 1 spiro atoms. The predicted octanol–water partition coefficient (Wildman–Crippen LogP) is 4.38. The van der Waals surface area contributed by atoms with E-state index in [1.165, 1.54) is 0 Å². The molecule has 1 N–H and O–H groups in total. The molecule has 4 rings (SSSR count). The van der Waals surface area contributed by atoms with Gasteiger partial charge in [-0.25, -0.2) is 4.79 Å². The molecule has 1 fully saturated rings. The molecule has 6 nitrogen and oxygen atoms in total. The summed E-state index contributed by atoms with van der Waals surface area (Å²) in [5, 5.41) is 3.49. The first-order valence-corrected chi connectivity index (χ1v) is 9.58. The van der Waals surface area contributed by atoms with E-state index in [1.807, 2.05) is 0 Å². The van der Waals surface area contributed by atoms with Crippen molar-refractivity contribution in [3.63, 3.8) is 0 Å². The smallest absolute Gasteiger partial charge is 0.321 e. The maximum atomic E-state index is 12.7. The van der Waals surface area contributed by atoms with E-state index in [2.05, 4.69) is 5.32 Å². The molecule has 0 atom stereocenters. The molecule has 2 amide bonds. The van der Waals surface area contributed by atoms with E-state index in [4.69, 9.17) is 21.1 Å². The average Bonchev–Trinajstić information content (AvgIpc) is 2.70. The summed E-state index contributed by atoms with van der Waals surface area (Å²) < 4.78 is 11.4. The number of Topliss-reactive ketones (excluding diaryl/α,β-unsaturated/α-hetero) is 1. The van der Waals surface area contributed by atoms with Crippen LogP contribution in [0.25, 0.3) is 0 Å². The molecule has 2 aromatic carbocycles. The minimum Gasteiger partial charge on any atom is -0.497 e.